The lowest BCUT2D eigenvalue weighted by molar-refractivity contribution is -0.134. The maximum atomic E-state index is 15.5. The van der Waals surface area contributed by atoms with Gasteiger partial charge in [0, 0.05) is 69.9 Å². The summed E-state index contributed by atoms with van der Waals surface area (Å²) >= 11 is 0. The van der Waals surface area contributed by atoms with E-state index in [-0.39, 0.29) is 48.7 Å². The van der Waals surface area contributed by atoms with Gasteiger partial charge in [0.2, 0.25) is 11.8 Å². The molecule has 1 saturated carbocycles. The van der Waals surface area contributed by atoms with Crippen LogP contribution in [0.5, 0.6) is 0 Å². The summed E-state index contributed by atoms with van der Waals surface area (Å²) in [4.78, 5) is 46.8. The van der Waals surface area contributed by atoms with Gasteiger partial charge in [0.15, 0.2) is 11.3 Å². The van der Waals surface area contributed by atoms with E-state index in [2.05, 4.69) is 47.6 Å². The second kappa shape index (κ2) is 18.2. The number of nitrogens with one attached hydrogen (secondary N) is 2. The first-order chi connectivity index (χ1) is 31.5. The SMILES string of the molecule is Cn1nc(C2CCC(=O)NC2=O)c2cccc(C#CCO[C@@H]3CCN(CC4CCC(n5cc(NC(=O)c6cnn7ccc(N8CC(CC9COC9)C8)nc67)c(C(F)F)n5)CC4)C[C@@H]3F)c21. The first kappa shape index (κ1) is 43.1. The van der Waals surface area contributed by atoms with Crippen LogP contribution in [0.4, 0.5) is 24.7 Å². The maximum absolute atomic E-state index is 15.5. The Hall–Kier alpha value is -5.84. The third kappa shape index (κ3) is 8.95. The highest BCUT2D eigenvalue weighted by Crippen LogP contribution is 2.37. The number of carbonyl (C=O) groups is 3. The number of anilines is 2. The highest BCUT2D eigenvalue weighted by molar-refractivity contribution is 6.08. The number of imide groups is 1. The van der Waals surface area contributed by atoms with E-state index < -0.39 is 36.2 Å². The highest BCUT2D eigenvalue weighted by atomic mass is 19.3. The van der Waals surface area contributed by atoms with Crippen molar-refractivity contribution in [3.63, 3.8) is 0 Å². The Morgan fingerprint density at radius 1 is 1.03 bits per heavy atom. The Balaban J connectivity index is 0.695. The third-order valence-electron chi connectivity index (χ3n) is 13.8. The van der Waals surface area contributed by atoms with E-state index in [1.807, 2.05) is 24.3 Å². The molecular weight excluding hydrogens is 844 g/mol. The number of carbonyl (C=O) groups excluding carboxylic acids is 3. The second-order valence-corrected chi connectivity index (χ2v) is 18.3. The molecule has 0 bridgehead atoms. The van der Waals surface area contributed by atoms with Crippen LogP contribution >= 0.6 is 0 Å². The number of likely N-dealkylation sites (tertiary alicyclic amines) is 1. The molecule has 16 nitrogen and oxygen atoms in total. The van der Waals surface area contributed by atoms with Gasteiger partial charge < -0.3 is 19.7 Å². The number of halogens is 3. The van der Waals surface area contributed by atoms with Gasteiger partial charge in [0.05, 0.1) is 59.9 Å². The topological polar surface area (TPSA) is 166 Å². The van der Waals surface area contributed by atoms with Crippen molar-refractivity contribution in [3.05, 3.63) is 65.4 Å². The minimum atomic E-state index is -2.89. The number of nitrogens with zero attached hydrogens (tertiary/aromatic N) is 9. The minimum Gasteiger partial charge on any atom is -0.381 e. The summed E-state index contributed by atoms with van der Waals surface area (Å²) < 4.78 is 60.1. The monoisotopic (exact) mass is 895 g/mol. The van der Waals surface area contributed by atoms with Crippen molar-refractivity contribution in [1.29, 1.82) is 0 Å². The molecule has 4 saturated heterocycles. The minimum absolute atomic E-state index is 0.0374. The molecule has 3 amide bonds. The number of aromatic nitrogens is 7. The molecule has 4 aliphatic heterocycles. The van der Waals surface area contributed by atoms with E-state index in [1.54, 1.807) is 22.6 Å². The van der Waals surface area contributed by atoms with Crippen LogP contribution in [-0.2, 0) is 26.1 Å². The Morgan fingerprint density at radius 2 is 1.86 bits per heavy atom. The van der Waals surface area contributed by atoms with Crippen molar-refractivity contribution in [2.75, 3.05) is 62.8 Å². The number of fused-ring (bicyclic) bond motifs is 2. The van der Waals surface area contributed by atoms with Crippen molar-refractivity contribution >= 4 is 45.8 Å². The van der Waals surface area contributed by atoms with Crippen molar-refractivity contribution in [3.8, 4) is 11.8 Å². The summed E-state index contributed by atoms with van der Waals surface area (Å²) in [6, 6.07) is 7.38. The molecule has 2 N–H and O–H groups in total. The van der Waals surface area contributed by atoms with Crippen molar-refractivity contribution < 1.29 is 37.0 Å². The molecule has 1 unspecified atom stereocenters. The van der Waals surface area contributed by atoms with E-state index in [4.69, 9.17) is 14.5 Å². The Labute approximate surface area is 373 Å². The smallest absolute Gasteiger partial charge is 0.284 e. The molecule has 8 heterocycles. The first-order valence-electron chi connectivity index (χ1n) is 22.7. The number of amides is 3. The standard InChI is InChI=1S/C46H52F3N11O5/c1-56-42-30(4-2-6-32(42)40(54-56)33-11-12-39(61)53-45(33)62)5-3-17-65-37-13-15-57(23-35(37)47)20-27-7-9-31(10-8-27)60-24-36(41(55-60)43(48)49)51-46(63)34-19-50-59-16-14-38(52-44(34)59)58-21-28(22-58)18-29-25-64-26-29/h2,4,6,14,16,19,24,27-29,31,33,35,37,43H,7-13,15,17-18,20-23,25-26H2,1H3,(H,51,63)(H,53,61,62)/t27?,31?,33?,35-,37+/m0/s1. The third-order valence-corrected chi connectivity index (χ3v) is 13.8. The number of para-hydroxylation sites is 1. The second-order valence-electron chi connectivity index (χ2n) is 18.3. The zero-order chi connectivity index (χ0) is 44.8. The zero-order valence-electron chi connectivity index (χ0n) is 36.2. The molecule has 0 radical (unpaired) electrons. The average Bonchev–Trinajstić information content (AvgIpc) is 3.98. The van der Waals surface area contributed by atoms with Gasteiger partial charge in [-0.05, 0) is 68.9 Å². The number of alkyl halides is 3. The van der Waals surface area contributed by atoms with Crippen LogP contribution in [0.2, 0.25) is 0 Å². The summed E-state index contributed by atoms with van der Waals surface area (Å²) in [7, 11) is 1.80. The molecule has 10 rings (SSSR count). The molecule has 342 valence electrons. The molecule has 3 atom stereocenters. The molecule has 4 aromatic heterocycles. The van der Waals surface area contributed by atoms with Gasteiger partial charge in [0.1, 0.15) is 24.2 Å². The Kier molecular flexibility index (Phi) is 12.1. The molecule has 1 aliphatic carbocycles. The fourth-order valence-electron chi connectivity index (χ4n) is 10.2. The zero-order valence-corrected chi connectivity index (χ0v) is 36.2. The predicted octanol–water partition coefficient (Wildman–Crippen LogP) is 5.21. The van der Waals surface area contributed by atoms with E-state index in [0.29, 0.717) is 54.0 Å². The molecule has 1 aromatic carbocycles. The Bertz CT molecular complexity index is 2650. The van der Waals surface area contributed by atoms with E-state index >= 15 is 4.39 Å². The fourth-order valence-corrected chi connectivity index (χ4v) is 10.2. The van der Waals surface area contributed by atoms with Gasteiger partial charge in [-0.1, -0.05) is 24.0 Å². The van der Waals surface area contributed by atoms with Crippen LogP contribution in [0, 0.1) is 29.6 Å². The molecule has 5 aromatic rings. The lowest BCUT2D eigenvalue weighted by atomic mass is 9.85. The molecule has 5 aliphatic rings. The lowest BCUT2D eigenvalue weighted by Gasteiger charge is -2.43. The lowest BCUT2D eigenvalue weighted by Crippen LogP contribution is -2.49. The summed E-state index contributed by atoms with van der Waals surface area (Å²) in [6.07, 6.45) is 5.46. The normalized spacial score (nSPS) is 24.5. The first-order valence-corrected chi connectivity index (χ1v) is 22.7. The van der Waals surface area contributed by atoms with Crippen LogP contribution in [0.3, 0.4) is 0 Å². The van der Waals surface area contributed by atoms with Crippen molar-refractivity contribution in [2.24, 2.45) is 24.8 Å². The van der Waals surface area contributed by atoms with Crippen LogP contribution in [0.15, 0.2) is 42.9 Å². The maximum Gasteiger partial charge on any atom is 0.284 e. The van der Waals surface area contributed by atoms with Crippen LogP contribution in [0.1, 0.15) is 97.1 Å². The molecule has 65 heavy (non-hydrogen) atoms. The van der Waals surface area contributed by atoms with Gasteiger partial charge in [0.25, 0.3) is 12.3 Å². The van der Waals surface area contributed by atoms with E-state index in [0.717, 1.165) is 81.7 Å². The summed E-state index contributed by atoms with van der Waals surface area (Å²) in [5.41, 5.74) is 2.12. The Morgan fingerprint density at radius 3 is 2.62 bits per heavy atom. The number of aryl methyl sites for hydroxylation is 1. The molecule has 5 fully saturated rings. The number of hydrogen-bond acceptors (Lipinski definition) is 11. The molecule has 0 spiro atoms. The number of piperidine rings is 2. The van der Waals surface area contributed by atoms with Gasteiger partial charge in [-0.2, -0.15) is 15.3 Å². The summed E-state index contributed by atoms with van der Waals surface area (Å²) in [5.74, 6) is 6.74. The van der Waals surface area contributed by atoms with Crippen LogP contribution < -0.4 is 15.5 Å². The van der Waals surface area contributed by atoms with Gasteiger partial charge >= 0.3 is 0 Å². The fraction of sp³-hybridized carbons (Fsp3) is 0.543. The molecule has 19 heteroatoms. The quantitative estimate of drug-likeness (QED) is 0.125. The number of benzene rings is 1. The van der Waals surface area contributed by atoms with E-state index in [1.165, 1.54) is 16.9 Å². The van der Waals surface area contributed by atoms with E-state index in [9.17, 15) is 23.2 Å². The largest absolute Gasteiger partial charge is 0.381 e. The highest BCUT2D eigenvalue weighted by Gasteiger charge is 2.36. The van der Waals surface area contributed by atoms with Crippen LogP contribution in [0.25, 0.3) is 16.6 Å². The van der Waals surface area contributed by atoms with Gasteiger partial charge in [-0.3, -0.25) is 34.0 Å². The summed E-state index contributed by atoms with van der Waals surface area (Å²) in [5, 5.41) is 19.0. The van der Waals surface area contributed by atoms with Crippen LogP contribution in [-0.4, -0.2) is 122 Å². The predicted molar refractivity (Wildman–Crippen MR) is 232 cm³/mol. The van der Waals surface area contributed by atoms with Gasteiger partial charge in [-0.25, -0.2) is 22.7 Å². The van der Waals surface area contributed by atoms with Crippen molar-refractivity contribution in [1.82, 2.24) is 44.4 Å². The summed E-state index contributed by atoms with van der Waals surface area (Å²) in [6.45, 7) is 5.17. The number of ether oxygens (including phenoxy) is 2. The number of rotatable bonds is 12. The van der Waals surface area contributed by atoms with Crippen molar-refractivity contribution in [2.45, 2.75) is 82.0 Å². The average molecular weight is 896 g/mol. The molecular formula is C46H52F3N11O5. The van der Waals surface area contributed by atoms with Gasteiger partial charge in [-0.15, -0.1) is 0 Å². The number of hydrogen-bond donors (Lipinski definition) is 2.